The van der Waals surface area contributed by atoms with Gasteiger partial charge in [-0.05, 0) is 31.4 Å². The van der Waals surface area contributed by atoms with E-state index < -0.39 is 0 Å². The van der Waals surface area contributed by atoms with E-state index in [1.807, 2.05) is 23.9 Å². The standard InChI is InChI=1S/C14H21NOS/c1-2-10-16-12-8-5-9-13(14(12)15)17-11-6-3-4-7-11/h5,8-9,11H,2-4,6-7,10,15H2,1H3. The molecule has 94 valence electrons. The lowest BCUT2D eigenvalue weighted by Gasteiger charge is -2.14. The van der Waals surface area contributed by atoms with E-state index in [4.69, 9.17) is 10.5 Å². The van der Waals surface area contributed by atoms with Gasteiger partial charge in [0.25, 0.3) is 0 Å². The van der Waals surface area contributed by atoms with Crippen LogP contribution in [0.2, 0.25) is 0 Å². The molecule has 2 rings (SSSR count). The number of thioether (sulfide) groups is 1. The van der Waals surface area contributed by atoms with Crippen LogP contribution in [0.4, 0.5) is 5.69 Å². The molecule has 1 fully saturated rings. The summed E-state index contributed by atoms with van der Waals surface area (Å²) in [5.74, 6) is 0.842. The van der Waals surface area contributed by atoms with E-state index in [1.54, 1.807) is 0 Å². The molecule has 0 saturated heterocycles. The van der Waals surface area contributed by atoms with E-state index in [-0.39, 0.29) is 0 Å². The highest BCUT2D eigenvalue weighted by Gasteiger charge is 2.18. The first-order valence-corrected chi connectivity index (χ1v) is 7.37. The van der Waals surface area contributed by atoms with Crippen molar-refractivity contribution in [2.24, 2.45) is 0 Å². The molecule has 0 radical (unpaired) electrons. The number of benzene rings is 1. The van der Waals surface area contributed by atoms with Gasteiger partial charge in [0, 0.05) is 10.1 Å². The maximum atomic E-state index is 6.16. The molecule has 1 aliphatic carbocycles. The van der Waals surface area contributed by atoms with Crippen molar-refractivity contribution in [2.45, 2.75) is 49.2 Å². The van der Waals surface area contributed by atoms with Gasteiger partial charge < -0.3 is 10.5 Å². The predicted octanol–water partition coefficient (Wildman–Crippen LogP) is 4.09. The van der Waals surface area contributed by atoms with Gasteiger partial charge in [-0.2, -0.15) is 0 Å². The Morgan fingerprint density at radius 1 is 1.35 bits per heavy atom. The second kappa shape index (κ2) is 6.20. The Hall–Kier alpha value is -0.830. The van der Waals surface area contributed by atoms with Crippen molar-refractivity contribution in [1.82, 2.24) is 0 Å². The smallest absolute Gasteiger partial charge is 0.143 e. The maximum Gasteiger partial charge on any atom is 0.143 e. The molecule has 0 aliphatic heterocycles. The van der Waals surface area contributed by atoms with E-state index in [0.717, 1.165) is 29.7 Å². The molecule has 1 saturated carbocycles. The zero-order valence-corrected chi connectivity index (χ0v) is 11.3. The number of hydrogen-bond donors (Lipinski definition) is 1. The molecule has 1 aromatic carbocycles. The van der Waals surface area contributed by atoms with Gasteiger partial charge in [0.1, 0.15) is 5.75 Å². The van der Waals surface area contributed by atoms with Crippen LogP contribution in [0.5, 0.6) is 5.75 Å². The number of para-hydroxylation sites is 1. The Kier molecular flexibility index (Phi) is 4.60. The molecular weight excluding hydrogens is 230 g/mol. The first-order chi connectivity index (χ1) is 8.31. The first kappa shape index (κ1) is 12.6. The lowest BCUT2D eigenvalue weighted by atomic mass is 10.3. The van der Waals surface area contributed by atoms with Crippen molar-refractivity contribution in [3.05, 3.63) is 18.2 Å². The van der Waals surface area contributed by atoms with Crippen molar-refractivity contribution in [3.63, 3.8) is 0 Å². The summed E-state index contributed by atoms with van der Waals surface area (Å²) in [6.45, 7) is 2.84. The zero-order chi connectivity index (χ0) is 12.1. The number of hydrogen-bond acceptors (Lipinski definition) is 3. The van der Waals surface area contributed by atoms with Crippen molar-refractivity contribution < 1.29 is 4.74 Å². The normalized spacial score (nSPS) is 16.3. The van der Waals surface area contributed by atoms with Gasteiger partial charge in [0.05, 0.1) is 12.3 Å². The summed E-state index contributed by atoms with van der Waals surface area (Å²) in [7, 11) is 0. The second-order valence-electron chi connectivity index (χ2n) is 4.54. The summed E-state index contributed by atoms with van der Waals surface area (Å²) in [6.07, 6.45) is 6.39. The third kappa shape index (κ3) is 3.32. The van der Waals surface area contributed by atoms with Crippen molar-refractivity contribution in [3.8, 4) is 5.75 Å². The Morgan fingerprint density at radius 2 is 2.12 bits per heavy atom. The highest BCUT2D eigenvalue weighted by Crippen LogP contribution is 2.40. The molecule has 0 atom stereocenters. The molecule has 2 nitrogen and oxygen atoms in total. The van der Waals surface area contributed by atoms with Gasteiger partial charge in [-0.25, -0.2) is 0 Å². The van der Waals surface area contributed by atoms with Gasteiger partial charge in [0.2, 0.25) is 0 Å². The Morgan fingerprint density at radius 3 is 2.82 bits per heavy atom. The SMILES string of the molecule is CCCOc1cccc(SC2CCCC2)c1N. The first-order valence-electron chi connectivity index (χ1n) is 6.49. The minimum atomic E-state index is 0.738. The van der Waals surface area contributed by atoms with Crippen LogP contribution in [0.15, 0.2) is 23.1 Å². The third-order valence-corrected chi connectivity index (χ3v) is 4.50. The van der Waals surface area contributed by atoms with Crippen LogP contribution >= 0.6 is 11.8 Å². The average molecular weight is 251 g/mol. The number of anilines is 1. The molecule has 0 aromatic heterocycles. The quantitative estimate of drug-likeness (QED) is 0.800. The van der Waals surface area contributed by atoms with Crippen LogP contribution in [0.3, 0.4) is 0 Å². The van der Waals surface area contributed by atoms with Gasteiger partial charge in [-0.15, -0.1) is 11.8 Å². The van der Waals surface area contributed by atoms with E-state index in [9.17, 15) is 0 Å². The molecule has 0 bridgehead atoms. The number of rotatable bonds is 5. The summed E-state index contributed by atoms with van der Waals surface area (Å²) in [5, 5.41) is 0.749. The van der Waals surface area contributed by atoms with E-state index in [0.29, 0.717) is 0 Å². The predicted molar refractivity (Wildman–Crippen MR) is 74.8 cm³/mol. The Balaban J connectivity index is 2.05. The number of nitrogens with two attached hydrogens (primary N) is 1. The van der Waals surface area contributed by atoms with Crippen LogP contribution in [0.25, 0.3) is 0 Å². The molecule has 1 aliphatic rings. The van der Waals surface area contributed by atoms with Gasteiger partial charge in [0.15, 0.2) is 0 Å². The average Bonchev–Trinajstić information content (AvgIpc) is 2.83. The van der Waals surface area contributed by atoms with E-state index >= 15 is 0 Å². The highest BCUT2D eigenvalue weighted by molar-refractivity contribution is 8.00. The fourth-order valence-corrected chi connectivity index (χ4v) is 3.46. The molecule has 0 spiro atoms. The number of nitrogen functional groups attached to an aromatic ring is 1. The van der Waals surface area contributed by atoms with Crippen LogP contribution in [-0.2, 0) is 0 Å². The molecule has 2 N–H and O–H groups in total. The molecular formula is C14H21NOS. The number of ether oxygens (including phenoxy) is 1. The molecule has 1 aromatic rings. The minimum Gasteiger partial charge on any atom is -0.491 e. The fraction of sp³-hybridized carbons (Fsp3) is 0.571. The van der Waals surface area contributed by atoms with Gasteiger partial charge >= 0.3 is 0 Å². The van der Waals surface area contributed by atoms with Gasteiger partial charge in [-0.1, -0.05) is 25.8 Å². The van der Waals surface area contributed by atoms with Crippen molar-refractivity contribution in [1.29, 1.82) is 0 Å². The lowest BCUT2D eigenvalue weighted by Crippen LogP contribution is -2.01. The van der Waals surface area contributed by atoms with Gasteiger partial charge in [-0.3, -0.25) is 0 Å². The fourth-order valence-electron chi connectivity index (χ4n) is 2.15. The summed E-state index contributed by atoms with van der Waals surface area (Å²) in [6, 6.07) is 6.11. The van der Waals surface area contributed by atoms with E-state index in [2.05, 4.69) is 13.0 Å². The monoisotopic (exact) mass is 251 g/mol. The molecule has 0 amide bonds. The lowest BCUT2D eigenvalue weighted by molar-refractivity contribution is 0.318. The second-order valence-corrected chi connectivity index (χ2v) is 5.88. The summed E-state index contributed by atoms with van der Waals surface area (Å²) in [5.41, 5.74) is 6.97. The third-order valence-electron chi connectivity index (χ3n) is 3.08. The summed E-state index contributed by atoms with van der Waals surface area (Å²) < 4.78 is 5.65. The Labute approximate surface area is 108 Å². The molecule has 0 unspecified atom stereocenters. The summed E-state index contributed by atoms with van der Waals surface area (Å²) >= 11 is 1.92. The van der Waals surface area contributed by atoms with Crippen molar-refractivity contribution in [2.75, 3.05) is 12.3 Å². The maximum absolute atomic E-state index is 6.16. The van der Waals surface area contributed by atoms with Crippen molar-refractivity contribution >= 4 is 17.4 Å². The van der Waals surface area contributed by atoms with Crippen LogP contribution < -0.4 is 10.5 Å². The zero-order valence-electron chi connectivity index (χ0n) is 10.4. The van der Waals surface area contributed by atoms with E-state index in [1.165, 1.54) is 30.6 Å². The molecule has 0 heterocycles. The van der Waals surface area contributed by atoms with Crippen LogP contribution in [-0.4, -0.2) is 11.9 Å². The molecule has 17 heavy (non-hydrogen) atoms. The minimum absolute atomic E-state index is 0.738. The summed E-state index contributed by atoms with van der Waals surface area (Å²) in [4.78, 5) is 1.19. The molecule has 3 heteroatoms. The van der Waals surface area contributed by atoms with Crippen LogP contribution in [0, 0.1) is 0 Å². The Bertz CT molecular complexity index is 361. The van der Waals surface area contributed by atoms with Crippen LogP contribution in [0.1, 0.15) is 39.0 Å². The largest absolute Gasteiger partial charge is 0.491 e. The highest BCUT2D eigenvalue weighted by atomic mass is 32.2. The topological polar surface area (TPSA) is 35.2 Å².